The molecule has 1 heterocycles. The van der Waals surface area contributed by atoms with Crippen LogP contribution in [-0.4, -0.2) is 38.7 Å². The van der Waals surface area contributed by atoms with Crippen LogP contribution in [0.25, 0.3) is 5.69 Å². The zero-order chi connectivity index (χ0) is 14.7. The molecule has 0 saturated heterocycles. The molecule has 0 saturated carbocycles. The van der Waals surface area contributed by atoms with Crippen LogP contribution >= 0.6 is 43.6 Å². The van der Waals surface area contributed by atoms with E-state index in [0.29, 0.717) is 10.9 Å². The van der Waals surface area contributed by atoms with Crippen LogP contribution in [0.3, 0.4) is 0 Å². The lowest BCUT2D eigenvalue weighted by Crippen LogP contribution is -2.02. The van der Waals surface area contributed by atoms with E-state index in [2.05, 4.69) is 42.1 Å². The second kappa shape index (κ2) is 6.59. The van der Waals surface area contributed by atoms with E-state index in [0.717, 1.165) is 26.4 Å². The van der Waals surface area contributed by atoms with Crippen molar-refractivity contribution in [3.05, 3.63) is 27.4 Å². The highest BCUT2D eigenvalue weighted by atomic mass is 79.9. The second-order valence-corrected chi connectivity index (χ2v) is 6.26. The van der Waals surface area contributed by atoms with E-state index in [1.54, 1.807) is 11.7 Å². The van der Waals surface area contributed by atoms with Crippen molar-refractivity contribution in [2.24, 2.45) is 0 Å². The molecule has 1 aromatic heterocycles. The maximum absolute atomic E-state index is 10.6. The number of benzene rings is 1. The summed E-state index contributed by atoms with van der Waals surface area (Å²) in [5.74, 6) is -0.327. The number of carboxylic acids is 1. The summed E-state index contributed by atoms with van der Waals surface area (Å²) in [6.45, 7) is 0. The Labute approximate surface area is 135 Å². The number of nitrogens with zero attached hydrogens (tertiary/aromatic N) is 3. The van der Waals surface area contributed by atoms with Crippen LogP contribution in [0, 0.1) is 0 Å². The molecule has 2 rings (SSSR count). The van der Waals surface area contributed by atoms with Crippen LogP contribution in [0.5, 0.6) is 5.75 Å². The molecule has 2 aromatic rings. The normalized spacial score (nSPS) is 10.6. The van der Waals surface area contributed by atoms with Crippen molar-refractivity contribution in [3.8, 4) is 11.4 Å². The highest BCUT2D eigenvalue weighted by Crippen LogP contribution is 2.34. The fourth-order valence-electron chi connectivity index (χ4n) is 1.47. The highest BCUT2D eigenvalue weighted by molar-refractivity contribution is 9.11. The lowest BCUT2D eigenvalue weighted by Gasteiger charge is -2.11. The van der Waals surface area contributed by atoms with E-state index in [4.69, 9.17) is 9.84 Å². The van der Waals surface area contributed by atoms with Gasteiger partial charge in [0.15, 0.2) is 5.16 Å². The number of halogens is 2. The number of carbonyl (C=O) groups is 1. The molecule has 0 bridgehead atoms. The van der Waals surface area contributed by atoms with Crippen LogP contribution < -0.4 is 4.74 Å². The van der Waals surface area contributed by atoms with Gasteiger partial charge in [0.25, 0.3) is 0 Å². The molecule has 0 atom stereocenters. The summed E-state index contributed by atoms with van der Waals surface area (Å²) in [6, 6.07) is 3.65. The first kappa shape index (κ1) is 15.3. The van der Waals surface area contributed by atoms with Gasteiger partial charge >= 0.3 is 5.97 Å². The zero-order valence-corrected chi connectivity index (χ0v) is 14.2. The second-order valence-electron chi connectivity index (χ2n) is 3.60. The van der Waals surface area contributed by atoms with E-state index in [1.807, 2.05) is 12.1 Å². The molecule has 0 unspecified atom stereocenters. The van der Waals surface area contributed by atoms with E-state index in [1.165, 1.54) is 6.33 Å². The molecule has 0 radical (unpaired) electrons. The van der Waals surface area contributed by atoms with Crippen molar-refractivity contribution in [2.45, 2.75) is 5.16 Å². The Bertz CT molecular complexity index is 648. The quantitative estimate of drug-likeness (QED) is 0.746. The molecular weight excluding hydrogens is 414 g/mol. The van der Waals surface area contributed by atoms with Gasteiger partial charge in [-0.3, -0.25) is 9.36 Å². The summed E-state index contributed by atoms with van der Waals surface area (Å²) in [5.41, 5.74) is 0.767. The number of ether oxygens (including phenoxy) is 1. The molecule has 0 fully saturated rings. The minimum Gasteiger partial charge on any atom is -0.495 e. The molecule has 0 aliphatic heterocycles. The number of aliphatic carboxylic acids is 1. The monoisotopic (exact) mass is 421 g/mol. The van der Waals surface area contributed by atoms with Gasteiger partial charge in [0.2, 0.25) is 0 Å². The zero-order valence-electron chi connectivity index (χ0n) is 10.2. The fraction of sp³-hybridized carbons (Fsp3) is 0.182. The first-order valence-electron chi connectivity index (χ1n) is 5.31. The Hall–Kier alpha value is -1.06. The molecule has 6 nitrogen and oxygen atoms in total. The van der Waals surface area contributed by atoms with Crippen LogP contribution in [0.4, 0.5) is 0 Å². The summed E-state index contributed by atoms with van der Waals surface area (Å²) in [4.78, 5) is 10.6. The van der Waals surface area contributed by atoms with Crippen molar-refractivity contribution < 1.29 is 14.6 Å². The van der Waals surface area contributed by atoms with Crippen molar-refractivity contribution in [1.29, 1.82) is 0 Å². The Kier molecular flexibility index (Phi) is 5.06. The summed E-state index contributed by atoms with van der Waals surface area (Å²) < 4.78 is 8.57. The van der Waals surface area contributed by atoms with E-state index in [-0.39, 0.29) is 5.75 Å². The molecule has 0 spiro atoms. The molecule has 0 aliphatic rings. The summed E-state index contributed by atoms with van der Waals surface area (Å²) >= 11 is 7.95. The van der Waals surface area contributed by atoms with E-state index >= 15 is 0 Å². The lowest BCUT2D eigenvalue weighted by atomic mass is 10.3. The van der Waals surface area contributed by atoms with Gasteiger partial charge in [-0.25, -0.2) is 0 Å². The first-order chi connectivity index (χ1) is 9.52. The maximum Gasteiger partial charge on any atom is 0.313 e. The molecule has 0 aliphatic carbocycles. The van der Waals surface area contributed by atoms with Gasteiger partial charge in [0.05, 0.1) is 23.0 Å². The summed E-state index contributed by atoms with van der Waals surface area (Å²) in [7, 11) is 1.57. The molecule has 9 heteroatoms. The van der Waals surface area contributed by atoms with Gasteiger partial charge < -0.3 is 9.84 Å². The fourth-order valence-corrected chi connectivity index (χ4v) is 3.46. The minimum atomic E-state index is -0.906. The third-order valence-electron chi connectivity index (χ3n) is 2.32. The minimum absolute atomic E-state index is 0.0794. The molecule has 106 valence electrons. The number of rotatable bonds is 5. The molecule has 1 N–H and O–H groups in total. The Morgan fingerprint density at radius 1 is 1.45 bits per heavy atom. The number of aromatic nitrogens is 3. The number of carboxylic acid groups (broad SMARTS) is 1. The van der Waals surface area contributed by atoms with Gasteiger partial charge in [-0.05, 0) is 37.9 Å². The predicted octanol–water partition coefficient (Wildman–Crippen LogP) is 2.98. The summed E-state index contributed by atoms with van der Waals surface area (Å²) in [6.07, 6.45) is 1.53. The third kappa shape index (κ3) is 3.33. The Morgan fingerprint density at radius 2 is 2.20 bits per heavy atom. The van der Waals surface area contributed by atoms with Gasteiger partial charge in [0.1, 0.15) is 12.1 Å². The number of hydrogen-bond acceptors (Lipinski definition) is 5. The number of methoxy groups -OCH3 is 1. The van der Waals surface area contributed by atoms with Crippen LogP contribution in [0.1, 0.15) is 0 Å². The van der Waals surface area contributed by atoms with Crippen molar-refractivity contribution in [1.82, 2.24) is 14.8 Å². The molecule has 0 amide bonds. The SMILES string of the molecule is COc1cc(-n2cnnc2SCC(=O)O)c(Br)cc1Br. The smallest absolute Gasteiger partial charge is 0.313 e. The Morgan fingerprint density at radius 3 is 2.85 bits per heavy atom. The van der Waals surface area contributed by atoms with Crippen molar-refractivity contribution in [3.63, 3.8) is 0 Å². The maximum atomic E-state index is 10.6. The van der Waals surface area contributed by atoms with Crippen molar-refractivity contribution >= 4 is 49.6 Å². The number of thioether (sulfide) groups is 1. The third-order valence-corrected chi connectivity index (χ3v) is 4.50. The standard InChI is InChI=1S/C11H9Br2N3O3S/c1-19-9-3-8(6(12)2-7(9)13)16-5-14-15-11(16)20-4-10(17)18/h2-3,5H,4H2,1H3,(H,17,18). The first-order valence-corrected chi connectivity index (χ1v) is 7.88. The molecule has 1 aromatic carbocycles. The van der Waals surface area contributed by atoms with Gasteiger partial charge in [0, 0.05) is 10.5 Å². The topological polar surface area (TPSA) is 77.2 Å². The van der Waals surface area contributed by atoms with Gasteiger partial charge in [-0.2, -0.15) is 0 Å². The van der Waals surface area contributed by atoms with Gasteiger partial charge in [-0.1, -0.05) is 11.8 Å². The Balaban J connectivity index is 2.41. The highest BCUT2D eigenvalue weighted by Gasteiger charge is 2.14. The molecule has 20 heavy (non-hydrogen) atoms. The van der Waals surface area contributed by atoms with Gasteiger partial charge in [-0.15, -0.1) is 10.2 Å². The molecular formula is C11H9Br2N3O3S. The van der Waals surface area contributed by atoms with Crippen LogP contribution in [0.2, 0.25) is 0 Å². The average molecular weight is 423 g/mol. The lowest BCUT2D eigenvalue weighted by molar-refractivity contribution is -0.133. The van der Waals surface area contributed by atoms with E-state index in [9.17, 15) is 4.79 Å². The van der Waals surface area contributed by atoms with Crippen LogP contribution in [0.15, 0.2) is 32.6 Å². The largest absolute Gasteiger partial charge is 0.495 e. The average Bonchev–Trinajstić information content (AvgIpc) is 2.84. The van der Waals surface area contributed by atoms with Crippen LogP contribution in [-0.2, 0) is 4.79 Å². The number of hydrogen-bond donors (Lipinski definition) is 1. The van der Waals surface area contributed by atoms with Crippen molar-refractivity contribution in [2.75, 3.05) is 12.9 Å². The van der Waals surface area contributed by atoms with E-state index < -0.39 is 5.97 Å². The predicted molar refractivity (Wildman–Crippen MR) is 81.7 cm³/mol. The summed E-state index contributed by atoms with van der Waals surface area (Å²) in [5, 5.41) is 17.0.